The SMILES string of the molecule is NCC(COc1cccnc1)c1cccc(C(F)(F)F)c1. The van der Waals surface area contributed by atoms with E-state index in [1.165, 1.54) is 6.07 Å². The summed E-state index contributed by atoms with van der Waals surface area (Å²) in [5, 5.41) is 0. The minimum Gasteiger partial charge on any atom is -0.491 e. The molecule has 0 bridgehead atoms. The number of ether oxygens (including phenoxy) is 1. The van der Waals surface area contributed by atoms with Crippen molar-refractivity contribution in [1.82, 2.24) is 4.98 Å². The van der Waals surface area contributed by atoms with Crippen molar-refractivity contribution < 1.29 is 17.9 Å². The lowest BCUT2D eigenvalue weighted by atomic mass is 9.98. The average molecular weight is 296 g/mol. The van der Waals surface area contributed by atoms with Crippen molar-refractivity contribution in [2.24, 2.45) is 5.73 Å². The Morgan fingerprint density at radius 3 is 2.62 bits per heavy atom. The van der Waals surface area contributed by atoms with Crippen molar-refractivity contribution in [2.45, 2.75) is 12.1 Å². The van der Waals surface area contributed by atoms with E-state index in [4.69, 9.17) is 10.5 Å². The Morgan fingerprint density at radius 2 is 2.00 bits per heavy atom. The summed E-state index contributed by atoms with van der Waals surface area (Å²) < 4.78 is 43.7. The van der Waals surface area contributed by atoms with Gasteiger partial charge in [-0.2, -0.15) is 13.2 Å². The summed E-state index contributed by atoms with van der Waals surface area (Å²) in [4.78, 5) is 3.90. The Kier molecular flexibility index (Phi) is 4.80. The fraction of sp³-hybridized carbons (Fsp3) is 0.267. The lowest BCUT2D eigenvalue weighted by Crippen LogP contribution is -2.20. The van der Waals surface area contributed by atoms with E-state index in [-0.39, 0.29) is 19.1 Å². The van der Waals surface area contributed by atoms with Crippen molar-refractivity contribution >= 4 is 0 Å². The zero-order valence-electron chi connectivity index (χ0n) is 11.2. The van der Waals surface area contributed by atoms with E-state index in [2.05, 4.69) is 4.98 Å². The zero-order valence-corrected chi connectivity index (χ0v) is 11.2. The zero-order chi connectivity index (χ0) is 15.3. The third-order valence-corrected chi connectivity index (χ3v) is 3.06. The molecule has 0 saturated heterocycles. The van der Waals surface area contributed by atoms with Crippen molar-refractivity contribution in [1.29, 1.82) is 0 Å². The molecule has 1 atom stereocenters. The molecule has 2 rings (SSSR count). The van der Waals surface area contributed by atoms with Gasteiger partial charge in [-0.3, -0.25) is 4.98 Å². The van der Waals surface area contributed by atoms with Crippen molar-refractivity contribution in [3.05, 3.63) is 59.9 Å². The third-order valence-electron chi connectivity index (χ3n) is 3.06. The fourth-order valence-corrected chi connectivity index (χ4v) is 1.90. The predicted octanol–water partition coefficient (Wildman–Crippen LogP) is 3.22. The smallest absolute Gasteiger partial charge is 0.416 e. The summed E-state index contributed by atoms with van der Waals surface area (Å²) in [6.45, 7) is 0.394. The van der Waals surface area contributed by atoms with Gasteiger partial charge in [0, 0.05) is 18.7 Å². The number of pyridine rings is 1. The molecule has 2 aromatic rings. The number of halogens is 3. The van der Waals surface area contributed by atoms with Crippen LogP contribution in [0.25, 0.3) is 0 Å². The quantitative estimate of drug-likeness (QED) is 0.921. The molecule has 1 aromatic heterocycles. The number of benzene rings is 1. The standard InChI is InChI=1S/C15H15F3N2O/c16-15(17,18)13-4-1-3-11(7-13)12(8-19)10-21-14-5-2-6-20-9-14/h1-7,9,12H,8,10,19H2. The van der Waals surface area contributed by atoms with Crippen LogP contribution in [-0.2, 0) is 6.18 Å². The highest BCUT2D eigenvalue weighted by Crippen LogP contribution is 2.31. The minimum absolute atomic E-state index is 0.196. The Hall–Kier alpha value is -2.08. The molecule has 21 heavy (non-hydrogen) atoms. The van der Waals surface area contributed by atoms with Gasteiger partial charge in [0.25, 0.3) is 0 Å². The predicted molar refractivity (Wildman–Crippen MR) is 73.0 cm³/mol. The molecule has 1 aromatic carbocycles. The normalized spacial score (nSPS) is 13.0. The molecule has 1 unspecified atom stereocenters. The van der Waals surface area contributed by atoms with E-state index in [1.807, 2.05) is 0 Å². The first-order valence-corrected chi connectivity index (χ1v) is 6.40. The number of rotatable bonds is 5. The van der Waals surface area contributed by atoms with Gasteiger partial charge in [0.2, 0.25) is 0 Å². The molecule has 6 heteroatoms. The minimum atomic E-state index is -4.36. The van der Waals surface area contributed by atoms with E-state index < -0.39 is 11.7 Å². The van der Waals surface area contributed by atoms with Crippen LogP contribution in [0, 0.1) is 0 Å². The van der Waals surface area contributed by atoms with Gasteiger partial charge >= 0.3 is 6.18 Å². The monoisotopic (exact) mass is 296 g/mol. The molecule has 0 aliphatic rings. The summed E-state index contributed by atoms with van der Waals surface area (Å²) in [5.41, 5.74) is 5.48. The highest BCUT2D eigenvalue weighted by atomic mass is 19.4. The second kappa shape index (κ2) is 6.58. The first-order chi connectivity index (χ1) is 10.0. The van der Waals surface area contributed by atoms with E-state index >= 15 is 0 Å². The molecule has 0 spiro atoms. The van der Waals surface area contributed by atoms with E-state index in [1.54, 1.807) is 30.6 Å². The first-order valence-electron chi connectivity index (χ1n) is 6.40. The van der Waals surface area contributed by atoms with Gasteiger partial charge in [0.15, 0.2) is 0 Å². The molecule has 112 valence electrons. The summed E-state index contributed by atoms with van der Waals surface area (Å²) in [6, 6.07) is 8.61. The Morgan fingerprint density at radius 1 is 1.19 bits per heavy atom. The molecule has 0 saturated carbocycles. The Labute approximate surface area is 120 Å². The van der Waals surface area contributed by atoms with E-state index in [0.717, 1.165) is 12.1 Å². The van der Waals surface area contributed by atoms with E-state index in [0.29, 0.717) is 11.3 Å². The van der Waals surface area contributed by atoms with Crippen LogP contribution in [0.4, 0.5) is 13.2 Å². The van der Waals surface area contributed by atoms with Crippen LogP contribution in [0.5, 0.6) is 5.75 Å². The fourth-order valence-electron chi connectivity index (χ4n) is 1.90. The molecule has 1 heterocycles. The van der Waals surface area contributed by atoms with Gasteiger partial charge in [0.05, 0.1) is 18.4 Å². The van der Waals surface area contributed by atoms with Crippen LogP contribution in [0.15, 0.2) is 48.8 Å². The highest BCUT2D eigenvalue weighted by molar-refractivity contribution is 5.29. The number of nitrogens with zero attached hydrogens (tertiary/aromatic N) is 1. The number of alkyl halides is 3. The molecular weight excluding hydrogens is 281 g/mol. The van der Waals surface area contributed by atoms with Crippen LogP contribution in [0.1, 0.15) is 17.0 Å². The topological polar surface area (TPSA) is 48.1 Å². The molecular formula is C15H15F3N2O. The van der Waals surface area contributed by atoms with Crippen LogP contribution in [0.2, 0.25) is 0 Å². The number of nitrogens with two attached hydrogens (primary N) is 1. The second-order valence-electron chi connectivity index (χ2n) is 4.56. The number of hydrogen-bond acceptors (Lipinski definition) is 3. The number of hydrogen-bond donors (Lipinski definition) is 1. The highest BCUT2D eigenvalue weighted by Gasteiger charge is 2.30. The molecule has 3 nitrogen and oxygen atoms in total. The van der Waals surface area contributed by atoms with Gasteiger partial charge in [0.1, 0.15) is 5.75 Å². The summed E-state index contributed by atoms with van der Waals surface area (Å²) >= 11 is 0. The lowest BCUT2D eigenvalue weighted by Gasteiger charge is -2.17. The Balaban J connectivity index is 2.10. The summed E-state index contributed by atoms with van der Waals surface area (Å²) in [6.07, 6.45) is -1.21. The largest absolute Gasteiger partial charge is 0.491 e. The van der Waals surface area contributed by atoms with Crippen molar-refractivity contribution in [3.8, 4) is 5.75 Å². The maximum Gasteiger partial charge on any atom is 0.416 e. The summed E-state index contributed by atoms with van der Waals surface area (Å²) in [7, 11) is 0. The van der Waals surface area contributed by atoms with Crippen molar-refractivity contribution in [3.63, 3.8) is 0 Å². The summed E-state index contributed by atoms with van der Waals surface area (Å²) in [5.74, 6) is 0.246. The average Bonchev–Trinajstić information content (AvgIpc) is 2.48. The van der Waals surface area contributed by atoms with E-state index in [9.17, 15) is 13.2 Å². The third kappa shape index (κ3) is 4.19. The van der Waals surface area contributed by atoms with Crippen LogP contribution in [-0.4, -0.2) is 18.1 Å². The molecule has 0 amide bonds. The van der Waals surface area contributed by atoms with Gasteiger partial charge in [-0.25, -0.2) is 0 Å². The van der Waals surface area contributed by atoms with Gasteiger partial charge in [-0.05, 0) is 23.8 Å². The van der Waals surface area contributed by atoms with Crippen LogP contribution >= 0.6 is 0 Å². The van der Waals surface area contributed by atoms with Crippen LogP contribution in [0.3, 0.4) is 0 Å². The molecule has 0 aliphatic heterocycles. The maximum absolute atomic E-state index is 12.7. The molecule has 0 aliphatic carbocycles. The Bertz CT molecular complexity index is 573. The van der Waals surface area contributed by atoms with Crippen molar-refractivity contribution in [2.75, 3.05) is 13.2 Å². The van der Waals surface area contributed by atoms with Crippen LogP contribution < -0.4 is 10.5 Å². The molecule has 0 fully saturated rings. The van der Waals surface area contributed by atoms with Gasteiger partial charge in [-0.1, -0.05) is 18.2 Å². The van der Waals surface area contributed by atoms with Gasteiger partial charge in [-0.15, -0.1) is 0 Å². The lowest BCUT2D eigenvalue weighted by molar-refractivity contribution is -0.137. The van der Waals surface area contributed by atoms with Gasteiger partial charge < -0.3 is 10.5 Å². The maximum atomic E-state index is 12.7. The molecule has 2 N–H and O–H groups in total. The second-order valence-corrected chi connectivity index (χ2v) is 4.56. The molecule has 0 radical (unpaired) electrons. The first kappa shape index (κ1) is 15.3. The number of aromatic nitrogens is 1.